The molecule has 0 saturated heterocycles. The first kappa shape index (κ1) is 16.0. The highest BCUT2D eigenvalue weighted by atomic mass is 35.5. The van der Waals surface area contributed by atoms with Gasteiger partial charge in [-0.1, -0.05) is 49.4 Å². The van der Waals surface area contributed by atoms with E-state index in [1.165, 1.54) is 17.8 Å². The Kier molecular flexibility index (Phi) is 5.42. The van der Waals surface area contributed by atoms with Crippen molar-refractivity contribution in [3.8, 4) is 0 Å². The predicted molar refractivity (Wildman–Crippen MR) is 85.3 cm³/mol. The van der Waals surface area contributed by atoms with Crippen LogP contribution in [0.1, 0.15) is 31.2 Å². The Morgan fingerprint density at radius 3 is 2.81 bits per heavy atom. The molecule has 0 aliphatic carbocycles. The summed E-state index contributed by atoms with van der Waals surface area (Å²) < 4.78 is 15.8. The van der Waals surface area contributed by atoms with Gasteiger partial charge in [-0.2, -0.15) is 0 Å². The van der Waals surface area contributed by atoms with E-state index in [4.69, 9.17) is 11.6 Å². The third-order valence-electron chi connectivity index (χ3n) is 2.98. The Balaban J connectivity index is 2.22. The molecule has 1 aromatic heterocycles. The Labute approximate surface area is 133 Å². The molecule has 0 aliphatic rings. The van der Waals surface area contributed by atoms with Crippen molar-refractivity contribution >= 4 is 23.4 Å². The average molecular weight is 326 g/mol. The molecule has 0 atom stereocenters. The average Bonchev–Trinajstić information content (AvgIpc) is 2.82. The smallest absolute Gasteiger partial charge is 0.191 e. The lowest BCUT2D eigenvalue weighted by Crippen LogP contribution is -2.05. The molecule has 0 spiro atoms. The molecule has 3 nitrogen and oxygen atoms in total. The number of hydrogen-bond donors (Lipinski definition) is 0. The maximum atomic E-state index is 13.8. The van der Waals surface area contributed by atoms with Crippen LogP contribution in [0.15, 0.2) is 36.0 Å². The number of allylic oxidation sites excluding steroid dienone is 1. The van der Waals surface area contributed by atoms with Crippen LogP contribution in [0.5, 0.6) is 0 Å². The van der Waals surface area contributed by atoms with Crippen LogP contribution >= 0.6 is 23.4 Å². The van der Waals surface area contributed by atoms with Gasteiger partial charge in [0.05, 0.1) is 0 Å². The minimum atomic E-state index is -0.297. The molecule has 0 radical (unpaired) electrons. The Morgan fingerprint density at radius 2 is 2.19 bits per heavy atom. The van der Waals surface area contributed by atoms with Crippen molar-refractivity contribution in [3.63, 3.8) is 0 Å². The molecule has 1 aromatic carbocycles. The van der Waals surface area contributed by atoms with Crippen LogP contribution in [0.2, 0.25) is 5.02 Å². The van der Waals surface area contributed by atoms with Crippen molar-refractivity contribution in [2.45, 2.75) is 37.2 Å². The normalized spacial score (nSPS) is 11.1. The summed E-state index contributed by atoms with van der Waals surface area (Å²) in [5.41, 5.74) is 0.489. The maximum Gasteiger partial charge on any atom is 0.191 e. The van der Waals surface area contributed by atoms with Gasteiger partial charge in [0.15, 0.2) is 5.16 Å². The van der Waals surface area contributed by atoms with E-state index in [1.807, 2.05) is 4.57 Å². The summed E-state index contributed by atoms with van der Waals surface area (Å²) in [6.45, 7) is 8.51. The first-order valence-corrected chi connectivity index (χ1v) is 8.00. The summed E-state index contributed by atoms with van der Waals surface area (Å²) in [7, 11) is 0. The largest absolute Gasteiger partial charge is 0.302 e. The van der Waals surface area contributed by atoms with E-state index in [0.29, 0.717) is 22.9 Å². The third-order valence-corrected chi connectivity index (χ3v) is 4.33. The van der Waals surface area contributed by atoms with Gasteiger partial charge in [-0.3, -0.25) is 0 Å². The van der Waals surface area contributed by atoms with Crippen molar-refractivity contribution in [1.29, 1.82) is 0 Å². The van der Waals surface area contributed by atoms with Crippen molar-refractivity contribution in [2.75, 3.05) is 0 Å². The molecule has 6 heteroatoms. The lowest BCUT2D eigenvalue weighted by Gasteiger charge is -2.10. The zero-order valence-corrected chi connectivity index (χ0v) is 13.6. The number of nitrogens with zero attached hydrogens (tertiary/aromatic N) is 3. The van der Waals surface area contributed by atoms with Crippen molar-refractivity contribution in [1.82, 2.24) is 14.8 Å². The van der Waals surface area contributed by atoms with Crippen LogP contribution in [0, 0.1) is 5.82 Å². The van der Waals surface area contributed by atoms with Gasteiger partial charge in [0.1, 0.15) is 11.6 Å². The topological polar surface area (TPSA) is 30.7 Å². The van der Waals surface area contributed by atoms with Crippen molar-refractivity contribution in [3.05, 3.63) is 53.1 Å². The molecule has 21 heavy (non-hydrogen) atoms. The zero-order chi connectivity index (χ0) is 15.4. The minimum Gasteiger partial charge on any atom is -0.302 e. The van der Waals surface area contributed by atoms with E-state index in [0.717, 1.165) is 11.0 Å². The van der Waals surface area contributed by atoms with Gasteiger partial charge in [0, 0.05) is 28.8 Å². The molecule has 0 aliphatic heterocycles. The van der Waals surface area contributed by atoms with Gasteiger partial charge in [0.25, 0.3) is 0 Å². The molecule has 112 valence electrons. The second-order valence-electron chi connectivity index (χ2n) is 4.88. The molecule has 1 heterocycles. The SMILES string of the molecule is C=CCn1c(SCc2c(F)cccc2Cl)nnc1C(C)C. The monoisotopic (exact) mass is 325 g/mol. The van der Waals surface area contributed by atoms with E-state index < -0.39 is 0 Å². The lowest BCUT2D eigenvalue weighted by atomic mass is 10.2. The number of thioether (sulfide) groups is 1. The summed E-state index contributed by atoms with van der Waals surface area (Å²) in [4.78, 5) is 0. The van der Waals surface area contributed by atoms with Gasteiger partial charge in [-0.25, -0.2) is 4.39 Å². The summed E-state index contributed by atoms with van der Waals surface area (Å²) in [6, 6.07) is 4.70. The number of halogens is 2. The van der Waals surface area contributed by atoms with E-state index in [9.17, 15) is 4.39 Å². The Hall–Kier alpha value is -1.33. The molecular weight excluding hydrogens is 309 g/mol. The lowest BCUT2D eigenvalue weighted by molar-refractivity contribution is 0.616. The molecule has 0 saturated carbocycles. The summed E-state index contributed by atoms with van der Waals surface area (Å²) in [5, 5.41) is 9.58. The highest BCUT2D eigenvalue weighted by molar-refractivity contribution is 7.98. The van der Waals surface area contributed by atoms with Crippen LogP contribution in [-0.2, 0) is 12.3 Å². The highest BCUT2D eigenvalue weighted by Crippen LogP contribution is 2.29. The molecule has 0 N–H and O–H groups in total. The Morgan fingerprint density at radius 1 is 1.43 bits per heavy atom. The molecule has 2 aromatic rings. The van der Waals surface area contributed by atoms with Crippen LogP contribution < -0.4 is 0 Å². The van der Waals surface area contributed by atoms with Gasteiger partial charge < -0.3 is 4.57 Å². The number of hydrogen-bond acceptors (Lipinski definition) is 3. The zero-order valence-electron chi connectivity index (χ0n) is 12.0. The number of benzene rings is 1. The second-order valence-corrected chi connectivity index (χ2v) is 6.23. The summed E-state index contributed by atoms with van der Waals surface area (Å²) >= 11 is 7.46. The summed E-state index contributed by atoms with van der Waals surface area (Å²) in [5.74, 6) is 1.29. The fourth-order valence-electron chi connectivity index (χ4n) is 1.94. The number of rotatable bonds is 6. The third kappa shape index (κ3) is 3.66. The van der Waals surface area contributed by atoms with Crippen molar-refractivity contribution in [2.24, 2.45) is 0 Å². The van der Waals surface area contributed by atoms with Gasteiger partial charge in [-0.05, 0) is 12.1 Å². The molecule has 0 unspecified atom stereocenters. The molecule has 0 fully saturated rings. The fraction of sp³-hybridized carbons (Fsp3) is 0.333. The maximum absolute atomic E-state index is 13.8. The van der Waals surface area contributed by atoms with Gasteiger partial charge >= 0.3 is 0 Å². The fourth-order valence-corrected chi connectivity index (χ4v) is 3.24. The van der Waals surface area contributed by atoms with Crippen LogP contribution in [0.4, 0.5) is 4.39 Å². The highest BCUT2D eigenvalue weighted by Gasteiger charge is 2.16. The number of aromatic nitrogens is 3. The molecular formula is C15H17ClFN3S. The van der Waals surface area contributed by atoms with E-state index in [2.05, 4.69) is 30.6 Å². The second kappa shape index (κ2) is 7.09. The molecule has 0 bridgehead atoms. The molecule has 2 rings (SSSR count). The van der Waals surface area contributed by atoms with Crippen LogP contribution in [0.25, 0.3) is 0 Å². The van der Waals surface area contributed by atoms with E-state index in [1.54, 1.807) is 18.2 Å². The standard InChI is InChI=1S/C15H17ClFN3S/c1-4-8-20-14(10(2)3)18-19-15(20)21-9-11-12(16)6-5-7-13(11)17/h4-7,10H,1,8-9H2,2-3H3. The first-order chi connectivity index (χ1) is 10.0. The van der Waals surface area contributed by atoms with E-state index >= 15 is 0 Å². The van der Waals surface area contributed by atoms with Crippen LogP contribution in [-0.4, -0.2) is 14.8 Å². The van der Waals surface area contributed by atoms with E-state index in [-0.39, 0.29) is 11.7 Å². The predicted octanol–water partition coefficient (Wildman–Crippen LogP) is 4.67. The Bertz CT molecular complexity index is 620. The van der Waals surface area contributed by atoms with Crippen LogP contribution in [0.3, 0.4) is 0 Å². The quantitative estimate of drug-likeness (QED) is 0.571. The molecule has 0 amide bonds. The minimum absolute atomic E-state index is 0.267. The van der Waals surface area contributed by atoms with Crippen molar-refractivity contribution < 1.29 is 4.39 Å². The summed E-state index contributed by atoms with van der Waals surface area (Å²) in [6.07, 6.45) is 1.80. The van der Waals surface area contributed by atoms with Gasteiger partial charge in [-0.15, -0.1) is 16.8 Å². The first-order valence-electron chi connectivity index (χ1n) is 6.64. The van der Waals surface area contributed by atoms with Gasteiger partial charge in [0.2, 0.25) is 0 Å².